The molecule has 0 radical (unpaired) electrons. The molecule has 10 aromatic rings. The van der Waals surface area contributed by atoms with Gasteiger partial charge >= 0.3 is 6.85 Å². The maximum absolute atomic E-state index is 6.92. The molecule has 4 heteroatoms. The van der Waals surface area contributed by atoms with Crippen LogP contribution in [0.25, 0.3) is 82.8 Å². The molecule has 0 amide bonds. The second-order valence-electron chi connectivity index (χ2n) is 25.1. The summed E-state index contributed by atoms with van der Waals surface area (Å²) < 4.78 is 9.66. The monoisotopic (exact) mass is 906 g/mol. The summed E-state index contributed by atoms with van der Waals surface area (Å²) in [4.78, 5) is 2.74. The number of anilines is 2. The smallest absolute Gasteiger partial charge is 0.333 e. The molecule has 0 saturated carbocycles. The number of aromatic nitrogens is 1. The Morgan fingerprint density at radius 2 is 1.17 bits per heavy atom. The number of hydrogen-bond acceptors (Lipinski definition) is 2. The number of nitrogens with zero attached hydrogens (tertiary/aromatic N) is 2. The van der Waals surface area contributed by atoms with Crippen molar-refractivity contribution < 1.29 is 4.42 Å². The zero-order chi connectivity index (χ0) is 47.9. The molecule has 3 aliphatic carbocycles. The molecule has 2 aliphatic heterocycles. The van der Waals surface area contributed by atoms with Crippen molar-refractivity contribution in [2.45, 2.75) is 116 Å². The minimum Gasteiger partial charge on any atom is -0.456 e. The van der Waals surface area contributed by atoms with Crippen LogP contribution in [0.4, 0.5) is 11.4 Å². The first-order valence-corrected chi connectivity index (χ1v) is 25.8. The highest BCUT2D eigenvalue weighted by atomic mass is 16.3. The van der Waals surface area contributed by atoms with Crippen molar-refractivity contribution in [3.05, 3.63) is 172 Å². The molecule has 3 nitrogen and oxygen atoms in total. The Morgan fingerprint density at radius 3 is 1.90 bits per heavy atom. The van der Waals surface area contributed by atoms with Gasteiger partial charge < -0.3 is 13.8 Å². The molecule has 70 heavy (non-hydrogen) atoms. The van der Waals surface area contributed by atoms with Gasteiger partial charge in [-0.3, -0.25) is 0 Å². The third kappa shape index (κ3) is 4.88. The molecule has 2 aromatic heterocycles. The van der Waals surface area contributed by atoms with Gasteiger partial charge in [0.05, 0.1) is 11.0 Å². The lowest BCUT2D eigenvalue weighted by molar-refractivity contribution is 0.332. The summed E-state index contributed by atoms with van der Waals surface area (Å²) in [6.45, 7) is 26.6. The van der Waals surface area contributed by atoms with Crippen molar-refractivity contribution in [1.29, 1.82) is 0 Å². The van der Waals surface area contributed by atoms with Crippen molar-refractivity contribution >= 4 is 72.9 Å². The fraction of sp³-hybridized carbons (Fsp3) is 0.273. The number of para-hydroxylation sites is 1. The summed E-state index contributed by atoms with van der Waals surface area (Å²) in [5, 5.41) is 5.09. The Kier molecular flexibility index (Phi) is 7.48. The zero-order valence-corrected chi connectivity index (χ0v) is 42.5. The molecule has 0 N–H and O–H groups in total. The molecular formula is C66H59BN2O. The maximum Gasteiger partial charge on any atom is 0.333 e. The second kappa shape index (κ2) is 12.8. The van der Waals surface area contributed by atoms with Gasteiger partial charge in [0.1, 0.15) is 11.2 Å². The lowest BCUT2D eigenvalue weighted by atomic mass is 9.43. The van der Waals surface area contributed by atoms with Gasteiger partial charge in [-0.2, -0.15) is 0 Å². The Bertz CT molecular complexity index is 4050. The first kappa shape index (κ1) is 41.0. The fourth-order valence-electron chi connectivity index (χ4n) is 14.7. The van der Waals surface area contributed by atoms with Crippen LogP contribution >= 0.6 is 0 Å². The Balaban J connectivity index is 1.20. The maximum atomic E-state index is 6.92. The molecule has 5 aliphatic rings. The van der Waals surface area contributed by atoms with Gasteiger partial charge in [-0.25, -0.2) is 0 Å². The van der Waals surface area contributed by atoms with E-state index < -0.39 is 0 Å². The SMILES string of the molecule is CC(C)(C)c1ccc(N2B3c4cc5oc6ccccc6c5cc4-n4c5cc6c(cc5c5c7c(c(c3c54)-c3cc4c(cc32)-c2ccccc2C4(C)C)C(C)(C)c2ccccc2-7)C(C)(C)CCC6(C)C)cc1. The van der Waals surface area contributed by atoms with E-state index in [1.807, 2.05) is 0 Å². The Labute approximate surface area is 412 Å². The highest BCUT2D eigenvalue weighted by molar-refractivity contribution is 6.94. The fourth-order valence-corrected chi connectivity index (χ4v) is 14.7. The lowest BCUT2D eigenvalue weighted by Crippen LogP contribution is -2.61. The molecule has 15 rings (SSSR count). The van der Waals surface area contributed by atoms with Gasteiger partial charge in [-0.05, 0) is 161 Å². The van der Waals surface area contributed by atoms with Crippen LogP contribution in [0, 0.1) is 0 Å². The van der Waals surface area contributed by atoms with Crippen molar-refractivity contribution in [2.24, 2.45) is 0 Å². The molecule has 0 saturated heterocycles. The lowest BCUT2D eigenvalue weighted by Gasteiger charge is -2.44. The molecule has 0 bridgehead atoms. The summed E-state index contributed by atoms with van der Waals surface area (Å²) >= 11 is 0. The van der Waals surface area contributed by atoms with Crippen LogP contribution in [0.1, 0.15) is 128 Å². The summed E-state index contributed by atoms with van der Waals surface area (Å²) in [6, 6.07) is 52.2. The van der Waals surface area contributed by atoms with Crippen LogP contribution in [0.15, 0.2) is 138 Å². The molecule has 0 fully saturated rings. The van der Waals surface area contributed by atoms with Crippen molar-refractivity contribution in [3.63, 3.8) is 0 Å². The van der Waals surface area contributed by atoms with Crippen molar-refractivity contribution in [1.82, 2.24) is 4.57 Å². The predicted octanol–water partition coefficient (Wildman–Crippen LogP) is 16.2. The summed E-state index contributed by atoms with van der Waals surface area (Å²) in [6.07, 6.45) is 2.33. The Morgan fingerprint density at radius 1 is 0.514 bits per heavy atom. The first-order chi connectivity index (χ1) is 33.4. The van der Waals surface area contributed by atoms with Gasteiger partial charge in [0.25, 0.3) is 0 Å². The molecule has 4 heterocycles. The van der Waals surface area contributed by atoms with Crippen LogP contribution < -0.4 is 15.7 Å². The van der Waals surface area contributed by atoms with Crippen LogP contribution in [0.3, 0.4) is 0 Å². The van der Waals surface area contributed by atoms with Gasteiger partial charge in [0.2, 0.25) is 0 Å². The second-order valence-corrected chi connectivity index (χ2v) is 25.1. The molecule has 0 spiro atoms. The average molecular weight is 907 g/mol. The van der Waals surface area contributed by atoms with Gasteiger partial charge in [0.15, 0.2) is 0 Å². The van der Waals surface area contributed by atoms with Crippen LogP contribution in [-0.2, 0) is 27.1 Å². The van der Waals surface area contributed by atoms with E-state index >= 15 is 0 Å². The number of furan rings is 1. The minimum absolute atomic E-state index is 0.0158. The van der Waals surface area contributed by atoms with E-state index in [-0.39, 0.29) is 33.9 Å². The first-order valence-electron chi connectivity index (χ1n) is 25.8. The minimum atomic E-state index is -0.283. The zero-order valence-electron chi connectivity index (χ0n) is 42.5. The molecular weight excluding hydrogens is 848 g/mol. The van der Waals surface area contributed by atoms with E-state index in [2.05, 4.69) is 219 Å². The summed E-state index contributed by atoms with van der Waals surface area (Å²) in [5.74, 6) is 0. The van der Waals surface area contributed by atoms with Crippen molar-refractivity contribution in [2.75, 3.05) is 4.81 Å². The van der Waals surface area contributed by atoms with Crippen LogP contribution in [0.2, 0.25) is 0 Å². The van der Waals surface area contributed by atoms with Crippen molar-refractivity contribution in [3.8, 4) is 39.1 Å². The molecule has 0 atom stereocenters. The predicted molar refractivity (Wildman–Crippen MR) is 296 cm³/mol. The normalized spacial score (nSPS) is 17.9. The van der Waals surface area contributed by atoms with E-state index in [1.165, 1.54) is 129 Å². The van der Waals surface area contributed by atoms with Crippen LogP contribution in [0.5, 0.6) is 0 Å². The van der Waals surface area contributed by atoms with E-state index in [9.17, 15) is 0 Å². The topological polar surface area (TPSA) is 21.3 Å². The standard InChI is InChI=1S/C66H59BN2O/c1-62(2,3)36-24-26-37(27-25-36)69-52-32-41-38-18-12-15-21-45(38)65(8,9)47(41)30-44(52)58-59-56(40-20-13-16-22-46(40)66(59,10)11)57-43-31-48-49(64(6,7)29-28-63(48,4)5)34-51(43)68-53-33-42-39-19-14-17-23-54(39)70-55(42)35-50(53)67(69)60(58)61(57)68/h12-27,30-35H,28-29H2,1-11H3. The quantitative estimate of drug-likeness (QED) is 0.153. The Hall–Kier alpha value is -6.78. The highest BCUT2D eigenvalue weighted by Crippen LogP contribution is 2.62. The summed E-state index contributed by atoms with van der Waals surface area (Å²) in [5.41, 5.74) is 28.8. The van der Waals surface area contributed by atoms with E-state index in [0.29, 0.717) is 0 Å². The molecule has 342 valence electrons. The number of benzene rings is 8. The van der Waals surface area contributed by atoms with Gasteiger partial charge in [-0.15, -0.1) is 0 Å². The third-order valence-corrected chi connectivity index (χ3v) is 18.5. The van der Waals surface area contributed by atoms with E-state index in [4.69, 9.17) is 4.42 Å². The van der Waals surface area contributed by atoms with E-state index in [1.54, 1.807) is 0 Å². The third-order valence-electron chi connectivity index (χ3n) is 18.5. The van der Waals surface area contributed by atoms with Crippen LogP contribution in [-0.4, -0.2) is 11.4 Å². The number of fused-ring (bicyclic) bond motifs is 20. The molecule has 0 unspecified atom stereocenters. The number of rotatable bonds is 1. The average Bonchev–Trinajstić information content (AvgIpc) is 4.01. The number of hydrogen-bond donors (Lipinski definition) is 0. The summed E-state index contributed by atoms with van der Waals surface area (Å²) in [7, 11) is 0. The largest absolute Gasteiger partial charge is 0.456 e. The van der Waals surface area contributed by atoms with Gasteiger partial charge in [0, 0.05) is 55.0 Å². The van der Waals surface area contributed by atoms with Gasteiger partial charge in [-0.1, -0.05) is 155 Å². The molecule has 8 aromatic carbocycles. The van der Waals surface area contributed by atoms with E-state index in [0.717, 1.165) is 28.4 Å². The highest BCUT2D eigenvalue weighted by Gasteiger charge is 2.52.